The maximum Gasteiger partial charge on any atom is 0.237 e. The van der Waals surface area contributed by atoms with E-state index in [-0.39, 0.29) is 11.2 Å². The molecule has 1 unspecified atom stereocenters. The number of nitrogens with one attached hydrogen (secondary N) is 1. The van der Waals surface area contributed by atoms with Crippen molar-refractivity contribution >= 4 is 35.0 Å². The third-order valence-corrected chi connectivity index (χ3v) is 5.22. The van der Waals surface area contributed by atoms with Gasteiger partial charge in [-0.2, -0.15) is 0 Å². The van der Waals surface area contributed by atoms with Crippen LogP contribution < -0.4 is 14.8 Å². The third-order valence-electron chi connectivity index (χ3n) is 3.72. The molecular formula is C18H18ClNO3S. The summed E-state index contributed by atoms with van der Waals surface area (Å²) in [5.41, 5.74) is 1.60. The Morgan fingerprint density at radius 2 is 1.96 bits per heavy atom. The van der Waals surface area contributed by atoms with Gasteiger partial charge in [-0.15, -0.1) is 11.8 Å². The van der Waals surface area contributed by atoms with Gasteiger partial charge in [-0.05, 0) is 49.7 Å². The molecule has 24 heavy (non-hydrogen) atoms. The number of halogens is 1. The summed E-state index contributed by atoms with van der Waals surface area (Å²) in [4.78, 5) is 13.4. The Morgan fingerprint density at radius 3 is 2.75 bits per heavy atom. The normalized spacial score (nSPS) is 14.1. The molecule has 2 aromatic carbocycles. The Morgan fingerprint density at radius 1 is 1.21 bits per heavy atom. The molecule has 0 saturated heterocycles. The molecule has 0 aromatic heterocycles. The average molecular weight is 364 g/mol. The van der Waals surface area contributed by atoms with Gasteiger partial charge in [-0.25, -0.2) is 0 Å². The van der Waals surface area contributed by atoms with Crippen molar-refractivity contribution in [2.45, 2.75) is 24.0 Å². The summed E-state index contributed by atoms with van der Waals surface area (Å²) in [6.07, 6.45) is 0. The number of anilines is 1. The highest BCUT2D eigenvalue weighted by atomic mass is 35.5. The number of thioether (sulfide) groups is 1. The van der Waals surface area contributed by atoms with Crippen molar-refractivity contribution in [3.8, 4) is 11.5 Å². The van der Waals surface area contributed by atoms with Crippen LogP contribution in [0.5, 0.6) is 11.5 Å². The molecule has 1 N–H and O–H groups in total. The van der Waals surface area contributed by atoms with Crippen molar-refractivity contribution in [2.24, 2.45) is 0 Å². The number of ether oxygens (including phenoxy) is 2. The van der Waals surface area contributed by atoms with Crippen LogP contribution in [0.4, 0.5) is 5.69 Å². The molecule has 3 rings (SSSR count). The van der Waals surface area contributed by atoms with Crippen molar-refractivity contribution < 1.29 is 14.3 Å². The van der Waals surface area contributed by atoms with Gasteiger partial charge in [0.25, 0.3) is 0 Å². The highest BCUT2D eigenvalue weighted by Gasteiger charge is 2.18. The second-order valence-electron chi connectivity index (χ2n) is 5.47. The summed E-state index contributed by atoms with van der Waals surface area (Å²) in [7, 11) is 0. The van der Waals surface area contributed by atoms with E-state index in [9.17, 15) is 4.79 Å². The molecule has 2 aromatic rings. The smallest absolute Gasteiger partial charge is 0.237 e. The Bertz CT molecular complexity index is 766. The van der Waals surface area contributed by atoms with Crippen molar-refractivity contribution in [3.05, 3.63) is 47.0 Å². The molecule has 1 heterocycles. The molecule has 1 aliphatic rings. The minimum Gasteiger partial charge on any atom is -0.486 e. The van der Waals surface area contributed by atoms with Crippen LogP contribution in [0.25, 0.3) is 0 Å². The zero-order valence-electron chi connectivity index (χ0n) is 13.5. The SMILES string of the molecule is Cc1c(Cl)cccc1NC(=O)C(C)Sc1ccc2c(c1)OCCO2. The monoisotopic (exact) mass is 363 g/mol. The number of carbonyl (C=O) groups is 1. The minimum absolute atomic E-state index is 0.0692. The molecule has 0 bridgehead atoms. The average Bonchev–Trinajstić information content (AvgIpc) is 2.58. The predicted molar refractivity (Wildman–Crippen MR) is 97.6 cm³/mol. The van der Waals surface area contributed by atoms with E-state index in [2.05, 4.69) is 5.32 Å². The summed E-state index contributed by atoms with van der Waals surface area (Å²) in [6, 6.07) is 11.2. The molecule has 6 heteroatoms. The van der Waals surface area contributed by atoms with Crippen LogP contribution in [0.1, 0.15) is 12.5 Å². The quantitative estimate of drug-likeness (QED) is 0.810. The van der Waals surface area contributed by atoms with Crippen molar-refractivity contribution in [1.29, 1.82) is 0 Å². The van der Waals surface area contributed by atoms with Crippen LogP contribution in [0, 0.1) is 6.92 Å². The van der Waals surface area contributed by atoms with Crippen LogP contribution in [0.15, 0.2) is 41.3 Å². The van der Waals surface area contributed by atoms with Crippen LogP contribution in [0.3, 0.4) is 0 Å². The summed E-state index contributed by atoms with van der Waals surface area (Å²) in [5.74, 6) is 1.40. The second-order valence-corrected chi connectivity index (χ2v) is 7.29. The van der Waals surface area contributed by atoms with Gasteiger partial charge in [0.05, 0.1) is 5.25 Å². The lowest BCUT2D eigenvalue weighted by Gasteiger charge is -2.19. The fourth-order valence-electron chi connectivity index (χ4n) is 2.33. The highest BCUT2D eigenvalue weighted by molar-refractivity contribution is 8.00. The van der Waals surface area contributed by atoms with Crippen molar-refractivity contribution in [2.75, 3.05) is 18.5 Å². The number of carbonyl (C=O) groups excluding carboxylic acids is 1. The fourth-order valence-corrected chi connectivity index (χ4v) is 3.40. The third kappa shape index (κ3) is 3.79. The second kappa shape index (κ2) is 7.36. The van der Waals surface area contributed by atoms with Gasteiger partial charge in [-0.3, -0.25) is 4.79 Å². The number of amides is 1. The van der Waals surface area contributed by atoms with E-state index in [4.69, 9.17) is 21.1 Å². The first-order valence-electron chi connectivity index (χ1n) is 7.67. The van der Waals surface area contributed by atoms with Gasteiger partial charge < -0.3 is 14.8 Å². The first-order valence-corrected chi connectivity index (χ1v) is 8.92. The first-order chi connectivity index (χ1) is 11.5. The molecule has 0 spiro atoms. The van der Waals surface area contributed by atoms with Crippen LogP contribution in [-0.2, 0) is 4.79 Å². The van der Waals surface area contributed by atoms with Gasteiger partial charge >= 0.3 is 0 Å². The number of rotatable bonds is 4. The lowest BCUT2D eigenvalue weighted by atomic mass is 10.2. The summed E-state index contributed by atoms with van der Waals surface area (Å²) in [6.45, 7) is 4.87. The van der Waals surface area contributed by atoms with Crippen molar-refractivity contribution in [3.63, 3.8) is 0 Å². The number of benzene rings is 2. The Hall–Kier alpha value is -1.85. The van der Waals surface area contributed by atoms with E-state index in [1.807, 2.05) is 44.2 Å². The van der Waals surface area contributed by atoms with E-state index in [0.717, 1.165) is 27.6 Å². The Kier molecular flexibility index (Phi) is 5.21. The maximum atomic E-state index is 12.4. The number of hydrogen-bond donors (Lipinski definition) is 1. The largest absolute Gasteiger partial charge is 0.486 e. The lowest BCUT2D eigenvalue weighted by molar-refractivity contribution is -0.115. The van der Waals surface area contributed by atoms with Gasteiger partial charge in [0, 0.05) is 15.6 Å². The van der Waals surface area contributed by atoms with Gasteiger partial charge in [-0.1, -0.05) is 17.7 Å². The van der Waals surface area contributed by atoms with Crippen LogP contribution in [-0.4, -0.2) is 24.4 Å². The number of fused-ring (bicyclic) bond motifs is 1. The first kappa shape index (κ1) is 17.0. The summed E-state index contributed by atoms with van der Waals surface area (Å²) in [5, 5.41) is 3.31. The molecule has 1 atom stereocenters. The molecule has 0 radical (unpaired) electrons. The van der Waals surface area contributed by atoms with E-state index in [0.29, 0.717) is 18.2 Å². The summed E-state index contributed by atoms with van der Waals surface area (Å²) < 4.78 is 11.1. The van der Waals surface area contributed by atoms with Crippen LogP contribution in [0.2, 0.25) is 5.02 Å². The van der Waals surface area contributed by atoms with Gasteiger partial charge in [0.15, 0.2) is 11.5 Å². The minimum atomic E-state index is -0.258. The van der Waals surface area contributed by atoms with Gasteiger partial charge in [0.1, 0.15) is 13.2 Å². The fraction of sp³-hybridized carbons (Fsp3) is 0.278. The highest BCUT2D eigenvalue weighted by Crippen LogP contribution is 2.35. The maximum absolute atomic E-state index is 12.4. The topological polar surface area (TPSA) is 47.6 Å². The number of hydrogen-bond acceptors (Lipinski definition) is 4. The standard InChI is InChI=1S/C18H18ClNO3S/c1-11-14(19)4-3-5-15(11)20-18(21)12(2)24-13-6-7-16-17(10-13)23-9-8-22-16/h3-7,10,12H,8-9H2,1-2H3,(H,20,21). The zero-order chi connectivity index (χ0) is 17.1. The van der Waals surface area contributed by atoms with E-state index in [1.54, 1.807) is 6.07 Å². The Balaban J connectivity index is 1.67. The molecule has 126 valence electrons. The molecule has 4 nitrogen and oxygen atoms in total. The van der Waals surface area contributed by atoms with Crippen molar-refractivity contribution in [1.82, 2.24) is 0 Å². The predicted octanol–water partition coefficient (Wildman–Crippen LogP) is 4.54. The van der Waals surface area contributed by atoms with Crippen LogP contribution >= 0.6 is 23.4 Å². The van der Waals surface area contributed by atoms with E-state index in [1.165, 1.54) is 11.8 Å². The van der Waals surface area contributed by atoms with E-state index < -0.39 is 0 Å². The molecule has 0 saturated carbocycles. The molecule has 0 aliphatic carbocycles. The molecule has 1 amide bonds. The molecule has 0 fully saturated rings. The lowest BCUT2D eigenvalue weighted by Crippen LogP contribution is -2.23. The molecule has 1 aliphatic heterocycles. The van der Waals surface area contributed by atoms with E-state index >= 15 is 0 Å². The summed E-state index contributed by atoms with van der Waals surface area (Å²) >= 11 is 7.57. The molecular weight excluding hydrogens is 346 g/mol. The Labute approximate surface area is 150 Å². The zero-order valence-corrected chi connectivity index (χ0v) is 15.0. The van der Waals surface area contributed by atoms with Gasteiger partial charge in [0.2, 0.25) is 5.91 Å².